The Morgan fingerprint density at radius 1 is 0.404 bits per heavy atom. The van der Waals surface area contributed by atoms with Crippen molar-refractivity contribution in [2.75, 3.05) is 4.90 Å². The van der Waals surface area contributed by atoms with Gasteiger partial charge in [0.05, 0.1) is 0 Å². The smallest absolute Gasteiger partial charge is 0.0462 e. The lowest BCUT2D eigenvalue weighted by atomic mass is 9.48. The second-order valence-electron chi connectivity index (χ2n) is 15.5. The molecule has 236 valence electrons. The lowest BCUT2D eigenvalue weighted by molar-refractivity contribution is -0.00518. The normalized spacial score (nSPS) is 25.8. The van der Waals surface area contributed by atoms with Crippen LogP contribution in [0.1, 0.15) is 87.3 Å². The van der Waals surface area contributed by atoms with Crippen molar-refractivity contribution in [3.63, 3.8) is 0 Å². The zero-order valence-electron chi connectivity index (χ0n) is 27.7. The minimum Gasteiger partial charge on any atom is -0.311 e. The zero-order chi connectivity index (χ0) is 31.3. The van der Waals surface area contributed by atoms with Crippen LogP contribution < -0.4 is 4.90 Å². The van der Waals surface area contributed by atoms with Gasteiger partial charge in [0, 0.05) is 22.5 Å². The van der Waals surface area contributed by atoms with Gasteiger partial charge in [-0.15, -0.1) is 0 Å². The lowest BCUT2D eigenvalue weighted by Gasteiger charge is -2.57. The van der Waals surface area contributed by atoms with Gasteiger partial charge in [-0.05, 0) is 139 Å². The number of benzene rings is 5. The lowest BCUT2D eigenvalue weighted by Crippen LogP contribution is -2.48. The first-order chi connectivity index (χ1) is 23.2. The molecule has 5 aromatic rings. The molecule has 0 atom stereocenters. The molecule has 0 radical (unpaired) electrons. The Bertz CT molecular complexity index is 1760. The van der Waals surface area contributed by atoms with Gasteiger partial charge in [-0.1, -0.05) is 116 Å². The Balaban J connectivity index is 1.08. The quantitative estimate of drug-likeness (QED) is 0.176. The monoisotopic (exact) mass is 613 g/mol. The Morgan fingerprint density at radius 3 is 1.36 bits per heavy atom. The Labute approximate surface area is 281 Å². The van der Waals surface area contributed by atoms with Gasteiger partial charge in [0.25, 0.3) is 0 Å². The van der Waals surface area contributed by atoms with E-state index in [1.165, 1.54) is 110 Å². The Morgan fingerprint density at radius 2 is 0.830 bits per heavy atom. The molecular formula is C46H47N. The van der Waals surface area contributed by atoms with Crippen molar-refractivity contribution < 1.29 is 0 Å². The van der Waals surface area contributed by atoms with Crippen molar-refractivity contribution in [1.29, 1.82) is 0 Å². The first-order valence-corrected chi connectivity index (χ1v) is 18.4. The maximum absolute atomic E-state index is 2.49. The SMILES string of the molecule is c1ccc(-c2ccc(N(c3ccc(C45CC6CC(CC(C6)C4)C5)cc3)c3ccc(C4(c5ccccc5)CCCCC4)cc3)cc2)cc1. The Kier molecular flexibility index (Phi) is 7.33. The fraction of sp³-hybridized carbons (Fsp3) is 0.348. The summed E-state index contributed by atoms with van der Waals surface area (Å²) in [6.07, 6.45) is 15.1. The summed E-state index contributed by atoms with van der Waals surface area (Å²) in [4.78, 5) is 2.47. The number of hydrogen-bond acceptors (Lipinski definition) is 1. The highest BCUT2D eigenvalue weighted by atomic mass is 15.1. The van der Waals surface area contributed by atoms with E-state index >= 15 is 0 Å². The minimum atomic E-state index is 0.111. The molecule has 0 saturated heterocycles. The summed E-state index contributed by atoms with van der Waals surface area (Å²) in [7, 11) is 0. The highest BCUT2D eigenvalue weighted by molar-refractivity contribution is 5.78. The van der Waals surface area contributed by atoms with Crippen LogP contribution in [0.5, 0.6) is 0 Å². The zero-order valence-corrected chi connectivity index (χ0v) is 27.7. The molecule has 5 aliphatic carbocycles. The molecule has 0 aromatic heterocycles. The van der Waals surface area contributed by atoms with Gasteiger partial charge in [-0.25, -0.2) is 0 Å². The largest absolute Gasteiger partial charge is 0.311 e. The van der Waals surface area contributed by atoms with E-state index in [2.05, 4.69) is 138 Å². The second-order valence-corrected chi connectivity index (χ2v) is 15.5. The highest BCUT2D eigenvalue weighted by Crippen LogP contribution is 2.61. The minimum absolute atomic E-state index is 0.111. The van der Waals surface area contributed by atoms with E-state index in [1.54, 1.807) is 5.56 Å². The van der Waals surface area contributed by atoms with E-state index in [9.17, 15) is 0 Å². The van der Waals surface area contributed by atoms with Crippen LogP contribution in [0.4, 0.5) is 17.1 Å². The summed E-state index contributed by atoms with van der Waals surface area (Å²) in [6, 6.07) is 50.6. The molecular weight excluding hydrogens is 567 g/mol. The van der Waals surface area contributed by atoms with Gasteiger partial charge in [-0.3, -0.25) is 0 Å². The standard InChI is InChI=1S/C46H47N/c1-4-10-37(11-5-1)38-14-20-42(21-15-38)47(43-22-16-39(17-23-43)45-31-34-28-35(32-45)30-36(29-34)33-45)44-24-18-41(19-25-44)46(26-8-3-9-27-46)40-12-6-2-7-13-40/h1-2,4-7,10-25,34-36H,3,8-9,26-33H2. The van der Waals surface area contributed by atoms with Crippen LogP contribution in [0.15, 0.2) is 133 Å². The first kappa shape index (κ1) is 29.1. The molecule has 47 heavy (non-hydrogen) atoms. The van der Waals surface area contributed by atoms with E-state index in [0.29, 0.717) is 5.41 Å². The number of hydrogen-bond donors (Lipinski definition) is 0. The third-order valence-electron chi connectivity index (χ3n) is 12.7. The fourth-order valence-electron chi connectivity index (χ4n) is 10.9. The molecule has 4 bridgehead atoms. The van der Waals surface area contributed by atoms with Gasteiger partial charge in [-0.2, -0.15) is 0 Å². The summed E-state index contributed by atoms with van der Waals surface area (Å²) in [5.74, 6) is 2.88. The maximum atomic E-state index is 2.49. The van der Waals surface area contributed by atoms with Crippen LogP contribution in [0.2, 0.25) is 0 Å². The third-order valence-corrected chi connectivity index (χ3v) is 12.7. The van der Waals surface area contributed by atoms with Gasteiger partial charge in [0.1, 0.15) is 0 Å². The molecule has 5 aromatic carbocycles. The first-order valence-electron chi connectivity index (χ1n) is 18.4. The van der Waals surface area contributed by atoms with Crippen molar-refractivity contribution in [2.24, 2.45) is 17.8 Å². The molecule has 0 aliphatic heterocycles. The van der Waals surface area contributed by atoms with Crippen LogP contribution in [-0.4, -0.2) is 0 Å². The van der Waals surface area contributed by atoms with Crippen LogP contribution in [0.3, 0.4) is 0 Å². The highest BCUT2D eigenvalue weighted by Gasteiger charge is 2.51. The van der Waals surface area contributed by atoms with E-state index in [4.69, 9.17) is 0 Å². The topological polar surface area (TPSA) is 3.24 Å². The van der Waals surface area contributed by atoms with Crippen molar-refractivity contribution in [2.45, 2.75) is 81.5 Å². The molecule has 0 N–H and O–H groups in total. The van der Waals surface area contributed by atoms with Crippen molar-refractivity contribution in [3.8, 4) is 11.1 Å². The van der Waals surface area contributed by atoms with Crippen molar-refractivity contribution >= 4 is 17.1 Å². The average Bonchev–Trinajstić information content (AvgIpc) is 3.13. The van der Waals surface area contributed by atoms with Crippen LogP contribution in [0, 0.1) is 17.8 Å². The molecule has 0 spiro atoms. The summed E-state index contributed by atoms with van der Waals surface area (Å²) in [6.45, 7) is 0. The van der Waals surface area contributed by atoms with Crippen molar-refractivity contribution in [3.05, 3.63) is 150 Å². The van der Waals surface area contributed by atoms with Crippen LogP contribution >= 0.6 is 0 Å². The molecule has 1 heteroatoms. The maximum Gasteiger partial charge on any atom is 0.0462 e. The molecule has 1 nitrogen and oxygen atoms in total. The van der Waals surface area contributed by atoms with Gasteiger partial charge in [0.15, 0.2) is 0 Å². The van der Waals surface area contributed by atoms with E-state index in [1.807, 2.05) is 0 Å². The van der Waals surface area contributed by atoms with E-state index in [0.717, 1.165) is 17.8 Å². The van der Waals surface area contributed by atoms with Crippen LogP contribution in [0.25, 0.3) is 11.1 Å². The molecule has 5 fully saturated rings. The van der Waals surface area contributed by atoms with Gasteiger partial charge < -0.3 is 4.90 Å². The molecule has 0 unspecified atom stereocenters. The van der Waals surface area contributed by atoms with E-state index < -0.39 is 0 Å². The number of rotatable bonds is 7. The summed E-state index contributed by atoms with van der Waals surface area (Å²) < 4.78 is 0. The predicted octanol–water partition coefficient (Wildman–Crippen LogP) is 12.5. The van der Waals surface area contributed by atoms with Gasteiger partial charge >= 0.3 is 0 Å². The number of anilines is 3. The average molecular weight is 614 g/mol. The molecule has 5 aliphatic rings. The summed E-state index contributed by atoms with van der Waals surface area (Å²) in [5.41, 5.74) is 11.2. The molecule has 0 heterocycles. The predicted molar refractivity (Wildman–Crippen MR) is 197 cm³/mol. The summed E-state index contributed by atoms with van der Waals surface area (Å²) in [5, 5.41) is 0. The van der Waals surface area contributed by atoms with Gasteiger partial charge in [0.2, 0.25) is 0 Å². The fourth-order valence-corrected chi connectivity index (χ4v) is 10.9. The third kappa shape index (κ3) is 5.23. The number of nitrogens with zero attached hydrogens (tertiary/aromatic N) is 1. The second kappa shape index (κ2) is 11.9. The Hall–Kier alpha value is -4.10. The molecule has 0 amide bonds. The molecule has 5 saturated carbocycles. The van der Waals surface area contributed by atoms with Crippen LogP contribution in [-0.2, 0) is 10.8 Å². The summed E-state index contributed by atoms with van der Waals surface area (Å²) >= 11 is 0. The molecule has 10 rings (SSSR count). The van der Waals surface area contributed by atoms with E-state index in [-0.39, 0.29) is 5.41 Å². The van der Waals surface area contributed by atoms with Crippen molar-refractivity contribution in [1.82, 2.24) is 0 Å².